The summed E-state index contributed by atoms with van der Waals surface area (Å²) in [4.78, 5) is 17.4. The Morgan fingerprint density at radius 2 is 2.27 bits per heavy atom. The Balaban J connectivity index is 1.76. The lowest BCUT2D eigenvalue weighted by molar-refractivity contribution is -0.119. The van der Waals surface area contributed by atoms with Crippen LogP contribution in [0.1, 0.15) is 19.8 Å². The van der Waals surface area contributed by atoms with Crippen LogP contribution in [0.25, 0.3) is 11.3 Å². The van der Waals surface area contributed by atoms with Crippen LogP contribution >= 0.6 is 11.3 Å². The number of allylic oxidation sites excluding steroid dienone is 3. The van der Waals surface area contributed by atoms with Crippen molar-refractivity contribution < 1.29 is 9.53 Å². The molecule has 0 radical (unpaired) electrons. The van der Waals surface area contributed by atoms with Gasteiger partial charge in [-0.1, -0.05) is 24.1 Å². The van der Waals surface area contributed by atoms with Crippen molar-refractivity contribution in [1.29, 1.82) is 0 Å². The van der Waals surface area contributed by atoms with Gasteiger partial charge < -0.3 is 10.1 Å². The van der Waals surface area contributed by atoms with Crippen molar-refractivity contribution in [2.75, 3.05) is 12.4 Å². The zero-order valence-electron chi connectivity index (χ0n) is 14.8. The first-order valence-electron chi connectivity index (χ1n) is 8.34. The quantitative estimate of drug-likeness (QED) is 0.598. The Morgan fingerprint density at radius 3 is 2.92 bits per heavy atom. The number of hydrogen-bond acceptors (Lipinski definition) is 4. The third-order valence-electron chi connectivity index (χ3n) is 4.50. The summed E-state index contributed by atoms with van der Waals surface area (Å²) in [5, 5.41) is 5.49. The standard InChI is InChI=1S/C21H20N2O2S/c1-4-6-9-16(5-2)21(11-12-21)19(24)23-20-22-18(14-26-20)15-8-7-10-17(13-15)25-3/h1,5-10,13-14H,11-12H2,2-3H3,(H,22,23,24)/b9-6-,16-5+. The van der Waals surface area contributed by atoms with Gasteiger partial charge in [0.1, 0.15) is 5.75 Å². The Hall–Kier alpha value is -2.84. The summed E-state index contributed by atoms with van der Waals surface area (Å²) >= 11 is 1.41. The first-order chi connectivity index (χ1) is 12.6. The average Bonchev–Trinajstić information content (AvgIpc) is 3.35. The molecule has 0 unspecified atom stereocenters. The topological polar surface area (TPSA) is 51.2 Å². The summed E-state index contributed by atoms with van der Waals surface area (Å²) in [6.45, 7) is 1.92. The molecule has 132 valence electrons. The van der Waals surface area contributed by atoms with Gasteiger partial charge in [-0.15, -0.1) is 17.8 Å². The summed E-state index contributed by atoms with van der Waals surface area (Å²) in [5.74, 6) is 3.22. The molecule has 1 aliphatic rings. The van der Waals surface area contributed by atoms with Gasteiger partial charge in [-0.05, 0) is 49.6 Å². The normalized spacial score (nSPS) is 15.5. The maximum atomic E-state index is 12.8. The molecule has 2 aromatic rings. The van der Waals surface area contributed by atoms with Crippen LogP contribution in [0, 0.1) is 17.8 Å². The van der Waals surface area contributed by atoms with Gasteiger partial charge in [0.15, 0.2) is 5.13 Å². The minimum atomic E-state index is -0.482. The van der Waals surface area contributed by atoms with E-state index in [4.69, 9.17) is 11.2 Å². The monoisotopic (exact) mass is 364 g/mol. The second-order valence-corrected chi connectivity index (χ2v) is 6.91. The molecule has 1 aromatic carbocycles. The molecule has 4 nitrogen and oxygen atoms in total. The van der Waals surface area contributed by atoms with E-state index >= 15 is 0 Å². The number of nitrogens with zero attached hydrogens (tertiary/aromatic N) is 1. The molecule has 0 atom stereocenters. The highest BCUT2D eigenvalue weighted by Gasteiger charge is 2.51. The van der Waals surface area contributed by atoms with Crippen LogP contribution in [0.5, 0.6) is 5.75 Å². The molecule has 1 heterocycles. The van der Waals surface area contributed by atoms with Gasteiger partial charge in [0, 0.05) is 10.9 Å². The van der Waals surface area contributed by atoms with Crippen molar-refractivity contribution in [2.24, 2.45) is 5.41 Å². The number of carbonyl (C=O) groups is 1. The number of benzene rings is 1. The van der Waals surface area contributed by atoms with Crippen LogP contribution in [0.2, 0.25) is 0 Å². The zero-order valence-corrected chi connectivity index (χ0v) is 15.6. The molecule has 3 rings (SSSR count). The maximum absolute atomic E-state index is 12.8. The molecule has 26 heavy (non-hydrogen) atoms. The summed E-state index contributed by atoms with van der Waals surface area (Å²) in [6, 6.07) is 7.69. The minimum Gasteiger partial charge on any atom is -0.497 e. The number of methoxy groups -OCH3 is 1. The summed E-state index contributed by atoms with van der Waals surface area (Å²) in [6.07, 6.45) is 12.4. The van der Waals surface area contributed by atoms with Gasteiger partial charge in [-0.25, -0.2) is 4.98 Å². The molecule has 0 spiro atoms. The van der Waals surface area contributed by atoms with Gasteiger partial charge in [-0.3, -0.25) is 4.79 Å². The van der Waals surface area contributed by atoms with Crippen LogP contribution in [-0.2, 0) is 4.79 Å². The van der Waals surface area contributed by atoms with E-state index in [9.17, 15) is 4.79 Å². The number of amides is 1. The van der Waals surface area contributed by atoms with Crippen LogP contribution in [0.15, 0.2) is 53.4 Å². The third kappa shape index (κ3) is 3.56. The van der Waals surface area contributed by atoms with E-state index in [0.29, 0.717) is 5.13 Å². The van der Waals surface area contributed by atoms with Crippen molar-refractivity contribution in [3.8, 4) is 29.4 Å². The SMILES string of the molecule is C#C/C=C\C(=C/C)C1(C(=O)Nc2nc(-c3cccc(OC)c3)cs2)CC1. The lowest BCUT2D eigenvalue weighted by Crippen LogP contribution is -2.25. The predicted octanol–water partition coefficient (Wildman–Crippen LogP) is 4.67. The van der Waals surface area contributed by atoms with E-state index in [-0.39, 0.29) is 5.91 Å². The van der Waals surface area contributed by atoms with Crippen molar-refractivity contribution >= 4 is 22.4 Å². The first-order valence-corrected chi connectivity index (χ1v) is 9.22. The fraction of sp³-hybridized carbons (Fsp3) is 0.238. The van der Waals surface area contributed by atoms with Gasteiger partial charge in [0.2, 0.25) is 5.91 Å². The van der Waals surface area contributed by atoms with Crippen molar-refractivity contribution in [1.82, 2.24) is 4.98 Å². The second kappa shape index (κ2) is 7.59. The molecule has 0 bridgehead atoms. The number of nitrogens with one attached hydrogen (secondary N) is 1. The number of ether oxygens (including phenoxy) is 1. The number of terminal acetylenes is 1. The van der Waals surface area contributed by atoms with Crippen molar-refractivity contribution in [3.05, 3.63) is 53.4 Å². The van der Waals surface area contributed by atoms with Crippen LogP contribution < -0.4 is 10.1 Å². The highest BCUT2D eigenvalue weighted by atomic mass is 32.1. The van der Waals surface area contributed by atoms with E-state index in [0.717, 1.165) is 35.4 Å². The molecular formula is C21H20N2O2S. The van der Waals surface area contributed by atoms with Crippen molar-refractivity contribution in [2.45, 2.75) is 19.8 Å². The molecule has 1 amide bonds. The van der Waals surface area contributed by atoms with Gasteiger partial charge in [0.25, 0.3) is 0 Å². The largest absolute Gasteiger partial charge is 0.497 e. The number of thiazole rings is 1. The Kier molecular flexibility index (Phi) is 5.24. The molecule has 0 aliphatic heterocycles. The fourth-order valence-electron chi connectivity index (χ4n) is 2.90. The Labute approximate surface area is 157 Å². The van der Waals surface area contributed by atoms with Crippen LogP contribution in [0.3, 0.4) is 0 Å². The second-order valence-electron chi connectivity index (χ2n) is 6.05. The van der Waals surface area contributed by atoms with E-state index in [1.54, 1.807) is 13.2 Å². The summed E-state index contributed by atoms with van der Waals surface area (Å²) in [7, 11) is 1.63. The number of anilines is 1. The predicted molar refractivity (Wildman–Crippen MR) is 106 cm³/mol. The number of rotatable bonds is 6. The minimum absolute atomic E-state index is 0.0289. The summed E-state index contributed by atoms with van der Waals surface area (Å²) in [5.41, 5.74) is 2.24. The average molecular weight is 364 g/mol. The lowest BCUT2D eigenvalue weighted by Gasteiger charge is -2.15. The summed E-state index contributed by atoms with van der Waals surface area (Å²) < 4.78 is 5.25. The highest BCUT2D eigenvalue weighted by Crippen LogP contribution is 2.53. The smallest absolute Gasteiger partial charge is 0.236 e. The van der Waals surface area contributed by atoms with E-state index in [1.807, 2.05) is 48.7 Å². The van der Waals surface area contributed by atoms with E-state index in [1.165, 1.54) is 11.3 Å². The molecule has 1 fully saturated rings. The Bertz CT molecular complexity index is 914. The van der Waals surface area contributed by atoms with Gasteiger partial charge >= 0.3 is 0 Å². The van der Waals surface area contributed by atoms with Crippen LogP contribution in [-0.4, -0.2) is 18.0 Å². The molecule has 0 saturated heterocycles. The molecule has 1 N–H and O–H groups in total. The fourth-order valence-corrected chi connectivity index (χ4v) is 3.62. The van der Waals surface area contributed by atoms with Crippen molar-refractivity contribution in [3.63, 3.8) is 0 Å². The number of carbonyl (C=O) groups excluding carboxylic acids is 1. The van der Waals surface area contributed by atoms with E-state index in [2.05, 4.69) is 16.2 Å². The molecule has 1 aromatic heterocycles. The number of hydrogen-bond donors (Lipinski definition) is 1. The molecular weight excluding hydrogens is 344 g/mol. The Morgan fingerprint density at radius 1 is 1.46 bits per heavy atom. The van der Waals surface area contributed by atoms with Gasteiger partial charge in [-0.2, -0.15) is 0 Å². The highest BCUT2D eigenvalue weighted by molar-refractivity contribution is 7.14. The molecule has 5 heteroatoms. The van der Waals surface area contributed by atoms with E-state index < -0.39 is 5.41 Å². The molecule has 1 aliphatic carbocycles. The molecule has 1 saturated carbocycles. The maximum Gasteiger partial charge on any atom is 0.236 e. The number of aromatic nitrogens is 1. The third-order valence-corrected chi connectivity index (χ3v) is 5.26. The first kappa shape index (κ1) is 18.0. The van der Waals surface area contributed by atoms with Gasteiger partial charge in [0.05, 0.1) is 18.2 Å². The zero-order chi connectivity index (χ0) is 18.6. The lowest BCUT2D eigenvalue weighted by atomic mass is 9.94. The van der Waals surface area contributed by atoms with Crippen LogP contribution in [0.4, 0.5) is 5.13 Å².